The van der Waals surface area contributed by atoms with Gasteiger partial charge in [0.05, 0.1) is 0 Å². The van der Waals surface area contributed by atoms with Crippen molar-refractivity contribution in [2.75, 3.05) is 14.2 Å². The topological polar surface area (TPSA) is 55.5 Å². The summed E-state index contributed by atoms with van der Waals surface area (Å²) in [4.78, 5) is 0. The molecule has 17 heavy (non-hydrogen) atoms. The van der Waals surface area contributed by atoms with Crippen LogP contribution in [0.2, 0.25) is 0 Å². The van der Waals surface area contributed by atoms with Gasteiger partial charge in [0.25, 0.3) is 0 Å². The van der Waals surface area contributed by atoms with Gasteiger partial charge in [-0.15, -0.1) is 0 Å². The van der Waals surface area contributed by atoms with E-state index < -0.39 is 0 Å². The monoisotopic (exact) mass is 233 g/mol. The first-order valence-electron chi connectivity index (χ1n) is 5.15. The van der Waals surface area contributed by atoms with E-state index in [2.05, 4.69) is 59.2 Å². The second-order valence-corrected chi connectivity index (χ2v) is 3.14. The van der Waals surface area contributed by atoms with Gasteiger partial charge < -0.3 is 9.94 Å². The van der Waals surface area contributed by atoms with Gasteiger partial charge in [-0.05, 0) is 11.1 Å². The molecule has 0 unspecified atom stereocenters. The molecule has 2 aromatic carbocycles. The standard InChI is InChI=1S/C12H10.C2H6O.H3NO/c1-3-7-11(8-4-1)12-9-5-2-6-10-12;1-3-2;1-2/h1-10H;1-2H3;2H,1H2. The van der Waals surface area contributed by atoms with E-state index in [0.29, 0.717) is 0 Å². The van der Waals surface area contributed by atoms with Gasteiger partial charge >= 0.3 is 0 Å². The molecule has 0 saturated heterocycles. The van der Waals surface area contributed by atoms with E-state index in [0.717, 1.165) is 0 Å². The summed E-state index contributed by atoms with van der Waals surface area (Å²) in [5.74, 6) is 3.50. The Bertz CT molecular complexity index is 325. The molecule has 0 fully saturated rings. The number of nitrogens with two attached hydrogens (primary N) is 1. The van der Waals surface area contributed by atoms with E-state index in [4.69, 9.17) is 5.21 Å². The summed E-state index contributed by atoms with van der Waals surface area (Å²) in [6, 6.07) is 20.8. The number of rotatable bonds is 1. The Labute approximate surface area is 102 Å². The summed E-state index contributed by atoms with van der Waals surface area (Å²) in [6.07, 6.45) is 0. The second kappa shape index (κ2) is 10.8. The highest BCUT2D eigenvalue weighted by Gasteiger charge is 1.91. The van der Waals surface area contributed by atoms with Gasteiger partial charge in [0, 0.05) is 14.2 Å². The highest BCUT2D eigenvalue weighted by atomic mass is 16.4. The summed E-state index contributed by atoms with van der Waals surface area (Å²) < 4.78 is 4.25. The van der Waals surface area contributed by atoms with Gasteiger partial charge in [-0.1, -0.05) is 60.7 Å². The molecule has 92 valence electrons. The Balaban J connectivity index is 0.000000450. The lowest BCUT2D eigenvalue weighted by atomic mass is 10.1. The average molecular weight is 233 g/mol. The third-order valence-electron chi connectivity index (χ3n) is 1.88. The van der Waals surface area contributed by atoms with Crippen molar-refractivity contribution in [1.82, 2.24) is 0 Å². The van der Waals surface area contributed by atoms with Crippen molar-refractivity contribution in [1.29, 1.82) is 0 Å². The molecule has 0 amide bonds. The average Bonchev–Trinajstić information content (AvgIpc) is 2.44. The predicted octanol–water partition coefficient (Wildman–Crippen LogP) is 2.95. The largest absolute Gasteiger partial charge is 0.388 e. The molecular formula is C14H19NO2. The van der Waals surface area contributed by atoms with Crippen LogP contribution < -0.4 is 5.90 Å². The van der Waals surface area contributed by atoms with Crippen LogP contribution in [-0.4, -0.2) is 19.4 Å². The van der Waals surface area contributed by atoms with E-state index in [9.17, 15) is 0 Å². The van der Waals surface area contributed by atoms with Crippen LogP contribution in [0.25, 0.3) is 11.1 Å². The summed E-state index contributed by atoms with van der Waals surface area (Å²) >= 11 is 0. The van der Waals surface area contributed by atoms with Crippen LogP contribution in [0.3, 0.4) is 0 Å². The fraction of sp³-hybridized carbons (Fsp3) is 0.143. The van der Waals surface area contributed by atoms with Gasteiger partial charge in [0.2, 0.25) is 0 Å². The minimum absolute atomic E-state index is 1.28. The molecule has 0 aliphatic carbocycles. The first-order valence-corrected chi connectivity index (χ1v) is 5.15. The molecule has 0 bridgehead atoms. The fourth-order valence-electron chi connectivity index (χ4n) is 1.26. The van der Waals surface area contributed by atoms with Gasteiger partial charge in [-0.2, -0.15) is 0 Å². The van der Waals surface area contributed by atoms with Crippen LogP contribution in [0.5, 0.6) is 0 Å². The molecule has 0 atom stereocenters. The number of benzene rings is 2. The molecule has 2 aromatic rings. The first kappa shape index (κ1) is 15.3. The summed E-state index contributed by atoms with van der Waals surface area (Å²) in [5.41, 5.74) is 2.55. The number of methoxy groups -OCH3 is 1. The fourth-order valence-corrected chi connectivity index (χ4v) is 1.26. The smallest absolute Gasteiger partial charge is 0.0351 e. The van der Waals surface area contributed by atoms with Gasteiger partial charge in [0.15, 0.2) is 0 Å². The molecule has 0 spiro atoms. The Kier molecular flexibility index (Phi) is 9.76. The van der Waals surface area contributed by atoms with Crippen molar-refractivity contribution >= 4 is 0 Å². The maximum Gasteiger partial charge on any atom is 0.0351 e. The predicted molar refractivity (Wildman–Crippen MR) is 70.8 cm³/mol. The van der Waals surface area contributed by atoms with Crippen molar-refractivity contribution in [3.8, 4) is 11.1 Å². The lowest BCUT2D eigenvalue weighted by Gasteiger charge is -1.98. The van der Waals surface area contributed by atoms with Crippen molar-refractivity contribution in [3.05, 3.63) is 60.7 Å². The van der Waals surface area contributed by atoms with Crippen molar-refractivity contribution in [3.63, 3.8) is 0 Å². The third-order valence-corrected chi connectivity index (χ3v) is 1.88. The first-order chi connectivity index (χ1) is 8.38. The highest BCUT2D eigenvalue weighted by molar-refractivity contribution is 5.62. The summed E-state index contributed by atoms with van der Waals surface area (Å²) in [6.45, 7) is 0. The second-order valence-electron chi connectivity index (χ2n) is 3.14. The minimum atomic E-state index is 1.28. The summed E-state index contributed by atoms with van der Waals surface area (Å²) in [7, 11) is 3.25. The van der Waals surface area contributed by atoms with E-state index >= 15 is 0 Å². The van der Waals surface area contributed by atoms with Crippen LogP contribution in [0.4, 0.5) is 0 Å². The molecule has 3 nitrogen and oxygen atoms in total. The molecule has 0 aromatic heterocycles. The lowest BCUT2D eigenvalue weighted by Crippen LogP contribution is -1.73. The summed E-state index contributed by atoms with van der Waals surface area (Å²) in [5, 5.41) is 6.50. The zero-order chi connectivity index (χ0) is 12.9. The Morgan fingerprint density at radius 3 is 1.18 bits per heavy atom. The van der Waals surface area contributed by atoms with Gasteiger partial charge in [-0.25, -0.2) is 5.90 Å². The quantitative estimate of drug-likeness (QED) is 0.744. The molecule has 0 aliphatic heterocycles. The zero-order valence-electron chi connectivity index (χ0n) is 10.2. The zero-order valence-corrected chi connectivity index (χ0v) is 10.2. The highest BCUT2D eigenvalue weighted by Crippen LogP contribution is 2.17. The molecule has 3 heteroatoms. The van der Waals surface area contributed by atoms with Crippen molar-refractivity contribution in [2.45, 2.75) is 0 Å². The van der Waals surface area contributed by atoms with Crippen molar-refractivity contribution in [2.24, 2.45) is 5.90 Å². The maximum absolute atomic E-state index is 6.50. The number of hydrogen-bond acceptors (Lipinski definition) is 3. The molecule has 0 heterocycles. The van der Waals surface area contributed by atoms with E-state index in [-0.39, 0.29) is 0 Å². The van der Waals surface area contributed by atoms with Crippen LogP contribution >= 0.6 is 0 Å². The minimum Gasteiger partial charge on any atom is -0.388 e. The molecule has 0 aliphatic rings. The van der Waals surface area contributed by atoms with Gasteiger partial charge in [-0.3, -0.25) is 0 Å². The number of hydrogen-bond donors (Lipinski definition) is 2. The molecule has 0 saturated carbocycles. The normalized spacial score (nSPS) is 8.24. The Morgan fingerprint density at radius 2 is 0.941 bits per heavy atom. The van der Waals surface area contributed by atoms with E-state index in [1.807, 2.05) is 12.1 Å². The molecule has 3 N–H and O–H groups in total. The lowest BCUT2D eigenvalue weighted by molar-refractivity contribution is 0.277. The number of ether oxygens (including phenoxy) is 1. The van der Waals surface area contributed by atoms with Crippen LogP contribution in [0.1, 0.15) is 0 Å². The van der Waals surface area contributed by atoms with E-state index in [1.165, 1.54) is 11.1 Å². The Morgan fingerprint density at radius 1 is 0.706 bits per heavy atom. The van der Waals surface area contributed by atoms with Crippen molar-refractivity contribution < 1.29 is 9.94 Å². The molecule has 2 rings (SSSR count). The third kappa shape index (κ3) is 6.48. The van der Waals surface area contributed by atoms with E-state index in [1.54, 1.807) is 14.2 Å². The van der Waals surface area contributed by atoms with Crippen LogP contribution in [0.15, 0.2) is 60.7 Å². The molecular weight excluding hydrogens is 214 g/mol. The van der Waals surface area contributed by atoms with Gasteiger partial charge in [0.1, 0.15) is 0 Å². The van der Waals surface area contributed by atoms with Crippen LogP contribution in [0, 0.1) is 0 Å². The van der Waals surface area contributed by atoms with Crippen LogP contribution in [-0.2, 0) is 4.74 Å². The maximum atomic E-state index is 6.50. The Hall–Kier alpha value is -1.68. The SMILES string of the molecule is COC.NO.c1ccc(-c2ccccc2)cc1. The molecule has 0 radical (unpaired) electrons.